The van der Waals surface area contributed by atoms with Gasteiger partial charge in [0.1, 0.15) is 23.3 Å². The molecule has 0 amide bonds. The van der Waals surface area contributed by atoms with E-state index < -0.39 is 23.3 Å². The van der Waals surface area contributed by atoms with Gasteiger partial charge >= 0.3 is 0 Å². The maximum Gasteiger partial charge on any atom is 0.128 e. The lowest BCUT2D eigenvalue weighted by Crippen LogP contribution is -1.79. The van der Waals surface area contributed by atoms with Gasteiger partial charge in [-0.05, 0) is 0 Å². The maximum absolute atomic E-state index is 12.8. The van der Waals surface area contributed by atoms with E-state index in [4.69, 9.17) is 0 Å². The third-order valence-electron chi connectivity index (χ3n) is 1.98. The van der Waals surface area contributed by atoms with Crippen molar-refractivity contribution in [2.24, 2.45) is 10.2 Å². The Balaban J connectivity index is 2.29. The van der Waals surface area contributed by atoms with E-state index in [0.717, 1.165) is 24.3 Å². The monoisotopic (exact) mass is 254 g/mol. The highest BCUT2D eigenvalue weighted by Crippen LogP contribution is 2.21. The average Bonchev–Trinajstić information content (AvgIpc) is 2.23. The predicted molar refractivity (Wildman–Crippen MR) is 56.9 cm³/mol. The number of hydrogen-bond donors (Lipinski definition) is 0. The first kappa shape index (κ1) is 12.2. The third-order valence-corrected chi connectivity index (χ3v) is 1.98. The van der Waals surface area contributed by atoms with Crippen LogP contribution in [0, 0.1) is 23.3 Å². The van der Waals surface area contributed by atoms with Gasteiger partial charge in [-0.1, -0.05) is 0 Å². The van der Waals surface area contributed by atoms with E-state index in [0.29, 0.717) is 12.1 Å². The number of azo groups is 1. The molecule has 0 atom stereocenters. The minimum absolute atomic E-state index is 0.0860. The molecule has 2 aromatic rings. The van der Waals surface area contributed by atoms with Crippen molar-refractivity contribution in [3.8, 4) is 0 Å². The summed E-state index contributed by atoms with van der Waals surface area (Å²) in [5.74, 6) is -3.24. The molecule has 0 aliphatic carbocycles. The van der Waals surface area contributed by atoms with Crippen LogP contribution in [0.15, 0.2) is 46.6 Å². The molecule has 2 rings (SSSR count). The molecule has 0 heterocycles. The molecule has 0 saturated heterocycles. The fourth-order valence-corrected chi connectivity index (χ4v) is 1.31. The molecule has 2 aromatic carbocycles. The van der Waals surface area contributed by atoms with E-state index in [1.165, 1.54) is 0 Å². The molecule has 0 aromatic heterocycles. The van der Waals surface area contributed by atoms with Crippen LogP contribution in [0.2, 0.25) is 0 Å². The summed E-state index contributed by atoms with van der Waals surface area (Å²) in [4.78, 5) is 0. The SMILES string of the molecule is Fc1cc(F)cc(N=Nc2cc(F)cc(F)c2)c1. The summed E-state index contributed by atoms with van der Waals surface area (Å²) in [6, 6.07) is 5.15. The van der Waals surface area contributed by atoms with Crippen LogP contribution in [0.3, 0.4) is 0 Å². The fraction of sp³-hybridized carbons (Fsp3) is 0. The molecule has 2 nitrogen and oxygen atoms in total. The summed E-state index contributed by atoms with van der Waals surface area (Å²) in [5, 5.41) is 6.98. The van der Waals surface area contributed by atoms with Gasteiger partial charge in [0.05, 0.1) is 11.4 Å². The highest BCUT2D eigenvalue weighted by Gasteiger charge is 2.01. The van der Waals surface area contributed by atoms with Crippen LogP contribution in [0.1, 0.15) is 0 Å². The zero-order valence-electron chi connectivity index (χ0n) is 8.87. The van der Waals surface area contributed by atoms with Gasteiger partial charge in [0.25, 0.3) is 0 Å². The lowest BCUT2D eigenvalue weighted by atomic mass is 10.3. The van der Waals surface area contributed by atoms with Gasteiger partial charge in [-0.25, -0.2) is 17.6 Å². The lowest BCUT2D eigenvalue weighted by Gasteiger charge is -1.96. The van der Waals surface area contributed by atoms with Crippen LogP contribution in [0.25, 0.3) is 0 Å². The predicted octanol–water partition coefficient (Wildman–Crippen LogP) is 4.66. The van der Waals surface area contributed by atoms with Crippen molar-refractivity contribution in [3.05, 3.63) is 59.7 Å². The molecule has 0 N–H and O–H groups in total. The first-order valence-electron chi connectivity index (χ1n) is 4.87. The van der Waals surface area contributed by atoms with Crippen molar-refractivity contribution < 1.29 is 17.6 Å². The molecule has 0 bridgehead atoms. The molecule has 0 saturated carbocycles. The summed E-state index contributed by atoms with van der Waals surface area (Å²) in [6.07, 6.45) is 0. The molecule has 0 aliphatic heterocycles. The van der Waals surface area contributed by atoms with Crippen LogP contribution in [-0.4, -0.2) is 0 Å². The van der Waals surface area contributed by atoms with Crippen LogP contribution < -0.4 is 0 Å². The quantitative estimate of drug-likeness (QED) is 0.550. The van der Waals surface area contributed by atoms with Gasteiger partial charge in [0, 0.05) is 36.4 Å². The standard InChI is InChI=1S/C12H6F4N2/c13-7-1-8(14)4-11(3-7)17-18-12-5-9(15)2-10(16)6-12/h1-6H. The van der Waals surface area contributed by atoms with Crippen molar-refractivity contribution in [1.29, 1.82) is 0 Å². The van der Waals surface area contributed by atoms with Gasteiger partial charge in [-0.15, -0.1) is 0 Å². The van der Waals surface area contributed by atoms with Crippen LogP contribution in [0.5, 0.6) is 0 Å². The van der Waals surface area contributed by atoms with E-state index in [9.17, 15) is 17.6 Å². The van der Waals surface area contributed by atoms with Gasteiger partial charge in [-0.2, -0.15) is 10.2 Å². The fourth-order valence-electron chi connectivity index (χ4n) is 1.31. The molecule has 92 valence electrons. The highest BCUT2D eigenvalue weighted by molar-refractivity contribution is 5.40. The Hall–Kier alpha value is -2.24. The van der Waals surface area contributed by atoms with Crippen LogP contribution >= 0.6 is 0 Å². The van der Waals surface area contributed by atoms with Crippen LogP contribution in [-0.2, 0) is 0 Å². The van der Waals surface area contributed by atoms with Crippen molar-refractivity contribution in [1.82, 2.24) is 0 Å². The number of benzene rings is 2. The van der Waals surface area contributed by atoms with Crippen molar-refractivity contribution in [2.75, 3.05) is 0 Å². The zero-order valence-corrected chi connectivity index (χ0v) is 8.87. The Bertz CT molecular complexity index is 517. The molecular weight excluding hydrogens is 248 g/mol. The number of rotatable bonds is 2. The number of nitrogens with zero attached hydrogens (tertiary/aromatic N) is 2. The summed E-state index contributed by atoms with van der Waals surface area (Å²) in [7, 11) is 0. The molecule has 0 aliphatic rings. The van der Waals surface area contributed by atoms with E-state index in [1.54, 1.807) is 0 Å². The molecular formula is C12H6F4N2. The third kappa shape index (κ3) is 3.13. The van der Waals surface area contributed by atoms with Crippen molar-refractivity contribution >= 4 is 11.4 Å². The first-order valence-corrected chi connectivity index (χ1v) is 4.87. The van der Waals surface area contributed by atoms with Crippen LogP contribution in [0.4, 0.5) is 28.9 Å². The smallest absolute Gasteiger partial charge is 0.128 e. The van der Waals surface area contributed by atoms with Crippen molar-refractivity contribution in [2.45, 2.75) is 0 Å². The Labute approximate surface area is 99.6 Å². The van der Waals surface area contributed by atoms with Crippen molar-refractivity contribution in [3.63, 3.8) is 0 Å². The second-order valence-corrected chi connectivity index (χ2v) is 3.46. The normalized spacial score (nSPS) is 11.1. The molecule has 0 radical (unpaired) electrons. The van der Waals surface area contributed by atoms with Gasteiger partial charge in [0.2, 0.25) is 0 Å². The second kappa shape index (κ2) is 4.95. The summed E-state index contributed by atoms with van der Waals surface area (Å²) in [6.45, 7) is 0. The minimum atomic E-state index is -0.811. The minimum Gasteiger partial charge on any atom is -0.207 e. The summed E-state index contributed by atoms with van der Waals surface area (Å²) in [5.41, 5.74) is -0.172. The molecule has 0 fully saturated rings. The first-order chi connectivity index (χ1) is 8.52. The largest absolute Gasteiger partial charge is 0.207 e. The Morgan fingerprint density at radius 1 is 0.500 bits per heavy atom. The Kier molecular flexibility index (Phi) is 3.36. The highest BCUT2D eigenvalue weighted by atomic mass is 19.1. The topological polar surface area (TPSA) is 24.7 Å². The van der Waals surface area contributed by atoms with Gasteiger partial charge < -0.3 is 0 Å². The Morgan fingerprint density at radius 3 is 1.06 bits per heavy atom. The molecule has 18 heavy (non-hydrogen) atoms. The lowest BCUT2D eigenvalue weighted by molar-refractivity contribution is 0.582. The maximum atomic E-state index is 12.8. The Morgan fingerprint density at radius 2 is 0.778 bits per heavy atom. The zero-order chi connectivity index (χ0) is 13.1. The number of halogens is 4. The van der Waals surface area contributed by atoms with Gasteiger partial charge in [-0.3, -0.25) is 0 Å². The second-order valence-electron chi connectivity index (χ2n) is 3.46. The number of hydrogen-bond acceptors (Lipinski definition) is 2. The van der Waals surface area contributed by atoms with E-state index in [1.807, 2.05) is 0 Å². The summed E-state index contributed by atoms with van der Waals surface area (Å²) >= 11 is 0. The van der Waals surface area contributed by atoms with E-state index >= 15 is 0 Å². The molecule has 0 unspecified atom stereocenters. The van der Waals surface area contributed by atoms with Gasteiger partial charge in [0.15, 0.2) is 0 Å². The average molecular weight is 254 g/mol. The van der Waals surface area contributed by atoms with E-state index in [-0.39, 0.29) is 11.4 Å². The van der Waals surface area contributed by atoms with E-state index in [2.05, 4.69) is 10.2 Å². The summed E-state index contributed by atoms with van der Waals surface area (Å²) < 4.78 is 51.3. The molecule has 0 spiro atoms. The molecule has 6 heteroatoms.